The fourth-order valence-corrected chi connectivity index (χ4v) is 3.06. The maximum atomic E-state index is 4.63. The lowest BCUT2D eigenvalue weighted by molar-refractivity contribution is 0.831. The van der Waals surface area contributed by atoms with Crippen LogP contribution in [0.4, 0.5) is 11.8 Å². The van der Waals surface area contributed by atoms with Gasteiger partial charge in [-0.15, -0.1) is 11.3 Å². The molecule has 3 aromatic rings. The molecule has 0 aromatic carbocycles. The molecular weight excluding hydrogens is 284 g/mol. The van der Waals surface area contributed by atoms with E-state index in [4.69, 9.17) is 0 Å². The van der Waals surface area contributed by atoms with Crippen molar-refractivity contribution in [3.05, 3.63) is 12.4 Å². The first-order valence-corrected chi connectivity index (χ1v) is 7.84. The van der Waals surface area contributed by atoms with Gasteiger partial charge in [0.2, 0.25) is 5.95 Å². The molecule has 0 aliphatic heterocycles. The molecule has 0 fully saturated rings. The predicted octanol–water partition coefficient (Wildman–Crippen LogP) is 2.91. The minimum absolute atomic E-state index is 0.687. The van der Waals surface area contributed by atoms with Crippen LogP contribution >= 0.6 is 11.3 Å². The van der Waals surface area contributed by atoms with Gasteiger partial charge in [0, 0.05) is 33.0 Å². The first kappa shape index (κ1) is 13.9. The molecule has 0 atom stereocenters. The molecule has 0 radical (unpaired) electrons. The highest BCUT2D eigenvalue weighted by molar-refractivity contribution is 7.25. The highest BCUT2D eigenvalue weighted by Gasteiger charge is 2.16. The first-order valence-electron chi connectivity index (χ1n) is 7.03. The minimum Gasteiger partial charge on any atom is -0.369 e. The molecule has 0 saturated heterocycles. The molecule has 0 bridgehead atoms. The molecule has 21 heavy (non-hydrogen) atoms. The topological polar surface area (TPSA) is 66.8 Å². The second-order valence-corrected chi connectivity index (χ2v) is 6.04. The van der Waals surface area contributed by atoms with Crippen LogP contribution in [0.25, 0.3) is 20.6 Å². The number of hydrogen-bond acceptors (Lipinski definition) is 7. The van der Waals surface area contributed by atoms with E-state index in [-0.39, 0.29) is 0 Å². The third-order valence-electron chi connectivity index (χ3n) is 3.16. The Labute approximate surface area is 127 Å². The predicted molar refractivity (Wildman–Crippen MR) is 88.2 cm³/mol. The summed E-state index contributed by atoms with van der Waals surface area (Å²) in [6.07, 6.45) is 5.68. The molecule has 7 heteroatoms. The molecule has 0 amide bonds. The minimum atomic E-state index is 0.687. The fourth-order valence-electron chi connectivity index (χ4n) is 2.06. The molecule has 6 nitrogen and oxygen atoms in total. The van der Waals surface area contributed by atoms with Crippen molar-refractivity contribution >= 4 is 43.7 Å². The summed E-state index contributed by atoms with van der Waals surface area (Å²) < 4.78 is 1.03. The van der Waals surface area contributed by atoms with Crippen LogP contribution in [0.2, 0.25) is 0 Å². The number of thiophene rings is 1. The number of rotatable bonds is 5. The van der Waals surface area contributed by atoms with Crippen molar-refractivity contribution in [3.8, 4) is 0 Å². The summed E-state index contributed by atoms with van der Waals surface area (Å²) in [7, 11) is 3.88. The Morgan fingerprint density at radius 3 is 2.71 bits per heavy atom. The second-order valence-electron chi connectivity index (χ2n) is 5.04. The standard InChI is InChI=1S/C14H18N6S/c1-4-5-6-16-12-11-9(18-14(19-12)20(2)3)10-13(21-11)17-8-7-15-10/h7-8H,4-6H2,1-3H3,(H,16,18,19). The number of unbranched alkanes of at least 4 members (excludes halogenated alkanes) is 1. The smallest absolute Gasteiger partial charge is 0.227 e. The molecule has 3 aromatic heterocycles. The summed E-state index contributed by atoms with van der Waals surface area (Å²) in [6, 6.07) is 0. The van der Waals surface area contributed by atoms with E-state index in [2.05, 4.69) is 32.2 Å². The molecule has 0 saturated carbocycles. The number of aromatic nitrogens is 4. The first-order chi connectivity index (χ1) is 10.2. The Kier molecular flexibility index (Phi) is 3.83. The van der Waals surface area contributed by atoms with Crippen LogP contribution in [-0.2, 0) is 0 Å². The van der Waals surface area contributed by atoms with Crippen LogP contribution in [0.15, 0.2) is 12.4 Å². The summed E-state index contributed by atoms with van der Waals surface area (Å²) in [6.45, 7) is 3.08. The Morgan fingerprint density at radius 1 is 1.14 bits per heavy atom. The Balaban J connectivity index is 2.18. The monoisotopic (exact) mass is 302 g/mol. The maximum Gasteiger partial charge on any atom is 0.227 e. The molecule has 110 valence electrons. The van der Waals surface area contributed by atoms with Crippen molar-refractivity contribution in [2.24, 2.45) is 0 Å². The van der Waals surface area contributed by atoms with Crippen molar-refractivity contribution in [3.63, 3.8) is 0 Å². The number of fused-ring (bicyclic) bond motifs is 3. The molecule has 3 heterocycles. The zero-order chi connectivity index (χ0) is 14.8. The molecular formula is C14H18N6S. The molecule has 1 N–H and O–H groups in total. The zero-order valence-electron chi connectivity index (χ0n) is 12.4. The number of anilines is 2. The lowest BCUT2D eigenvalue weighted by atomic mass is 10.3. The Hall–Kier alpha value is -2.02. The van der Waals surface area contributed by atoms with E-state index in [1.165, 1.54) is 0 Å². The lowest BCUT2D eigenvalue weighted by Gasteiger charge is -2.13. The average Bonchev–Trinajstić information content (AvgIpc) is 2.86. The van der Waals surface area contributed by atoms with Gasteiger partial charge in [0.1, 0.15) is 21.7 Å². The quantitative estimate of drug-likeness (QED) is 0.731. The van der Waals surface area contributed by atoms with Gasteiger partial charge in [0.15, 0.2) is 0 Å². The Morgan fingerprint density at radius 2 is 1.95 bits per heavy atom. The van der Waals surface area contributed by atoms with Gasteiger partial charge in [0.05, 0.1) is 4.70 Å². The second kappa shape index (κ2) is 5.77. The van der Waals surface area contributed by atoms with Gasteiger partial charge in [-0.1, -0.05) is 13.3 Å². The zero-order valence-corrected chi connectivity index (χ0v) is 13.2. The Bertz CT molecular complexity index is 767. The van der Waals surface area contributed by atoms with Crippen molar-refractivity contribution < 1.29 is 0 Å². The lowest BCUT2D eigenvalue weighted by Crippen LogP contribution is -2.14. The summed E-state index contributed by atoms with van der Waals surface area (Å²) >= 11 is 1.59. The molecule has 0 spiro atoms. The van der Waals surface area contributed by atoms with E-state index in [0.29, 0.717) is 5.95 Å². The normalized spacial score (nSPS) is 11.2. The summed E-state index contributed by atoms with van der Waals surface area (Å²) in [5.41, 5.74) is 1.72. The van der Waals surface area contributed by atoms with Crippen LogP contribution in [0.5, 0.6) is 0 Å². The van der Waals surface area contributed by atoms with E-state index >= 15 is 0 Å². The van der Waals surface area contributed by atoms with Crippen LogP contribution < -0.4 is 10.2 Å². The summed E-state index contributed by atoms with van der Waals surface area (Å²) in [5.74, 6) is 1.56. The SMILES string of the molecule is CCCCNc1nc(N(C)C)nc2c1sc1nccnc12. The van der Waals surface area contributed by atoms with E-state index in [1.807, 2.05) is 19.0 Å². The van der Waals surface area contributed by atoms with E-state index in [0.717, 1.165) is 45.8 Å². The summed E-state index contributed by atoms with van der Waals surface area (Å²) in [4.78, 5) is 20.9. The van der Waals surface area contributed by atoms with Crippen LogP contribution in [0.3, 0.4) is 0 Å². The molecule has 3 rings (SSSR count). The van der Waals surface area contributed by atoms with Crippen LogP contribution in [-0.4, -0.2) is 40.6 Å². The average molecular weight is 302 g/mol. The summed E-state index contributed by atoms with van der Waals surface area (Å²) in [5, 5.41) is 3.42. The highest BCUT2D eigenvalue weighted by Crippen LogP contribution is 2.35. The van der Waals surface area contributed by atoms with Gasteiger partial charge in [0.25, 0.3) is 0 Å². The third-order valence-corrected chi connectivity index (χ3v) is 4.25. The molecule has 0 unspecified atom stereocenters. The van der Waals surface area contributed by atoms with E-state index in [9.17, 15) is 0 Å². The third kappa shape index (κ3) is 2.61. The van der Waals surface area contributed by atoms with Gasteiger partial charge >= 0.3 is 0 Å². The maximum absolute atomic E-state index is 4.63. The van der Waals surface area contributed by atoms with Gasteiger partial charge in [-0.3, -0.25) is 0 Å². The van der Waals surface area contributed by atoms with Crippen LogP contribution in [0, 0.1) is 0 Å². The molecule has 0 aliphatic rings. The number of nitrogens with zero attached hydrogens (tertiary/aromatic N) is 5. The van der Waals surface area contributed by atoms with E-state index in [1.54, 1.807) is 23.7 Å². The highest BCUT2D eigenvalue weighted by atomic mass is 32.1. The van der Waals surface area contributed by atoms with Crippen molar-refractivity contribution in [2.75, 3.05) is 30.9 Å². The van der Waals surface area contributed by atoms with Gasteiger partial charge in [-0.2, -0.15) is 4.98 Å². The fraction of sp³-hybridized carbons (Fsp3) is 0.429. The van der Waals surface area contributed by atoms with Crippen molar-refractivity contribution in [1.82, 2.24) is 19.9 Å². The van der Waals surface area contributed by atoms with Gasteiger partial charge in [-0.05, 0) is 6.42 Å². The largest absolute Gasteiger partial charge is 0.369 e. The van der Waals surface area contributed by atoms with Gasteiger partial charge < -0.3 is 10.2 Å². The van der Waals surface area contributed by atoms with Crippen molar-refractivity contribution in [2.45, 2.75) is 19.8 Å². The molecule has 0 aliphatic carbocycles. The van der Waals surface area contributed by atoms with E-state index < -0.39 is 0 Å². The van der Waals surface area contributed by atoms with Crippen LogP contribution in [0.1, 0.15) is 19.8 Å². The van der Waals surface area contributed by atoms with Gasteiger partial charge in [-0.25, -0.2) is 15.0 Å². The number of hydrogen-bond donors (Lipinski definition) is 1. The number of nitrogens with one attached hydrogen (secondary N) is 1. The van der Waals surface area contributed by atoms with Crippen molar-refractivity contribution in [1.29, 1.82) is 0 Å².